The van der Waals surface area contributed by atoms with Crippen LogP contribution in [0.25, 0.3) is 0 Å². The summed E-state index contributed by atoms with van der Waals surface area (Å²) < 4.78 is 14.4. The number of hydrogen-bond acceptors (Lipinski definition) is 3. The fourth-order valence-corrected chi connectivity index (χ4v) is 4.43. The average Bonchev–Trinajstić information content (AvgIpc) is 2.76. The molecule has 0 fully saturated rings. The minimum Gasteiger partial charge on any atom is -0.307 e. The summed E-state index contributed by atoms with van der Waals surface area (Å²) in [5, 5.41) is 0.657. The van der Waals surface area contributed by atoms with Gasteiger partial charge in [0.1, 0.15) is 11.3 Å². The van der Waals surface area contributed by atoms with Crippen molar-refractivity contribution >= 4 is 54.5 Å². The zero-order valence-corrected chi connectivity index (χ0v) is 18.3. The van der Waals surface area contributed by atoms with E-state index in [9.17, 15) is 9.18 Å². The molecule has 0 atom stereocenters. The minimum absolute atomic E-state index is 0.0402. The minimum atomic E-state index is -0.286. The van der Waals surface area contributed by atoms with E-state index in [1.165, 1.54) is 24.2 Å². The van der Waals surface area contributed by atoms with Gasteiger partial charge in [0.25, 0.3) is 0 Å². The van der Waals surface area contributed by atoms with E-state index in [0.29, 0.717) is 34.8 Å². The first-order chi connectivity index (χ1) is 13.5. The highest BCUT2D eigenvalue weighted by atomic mass is 35.5. The third kappa shape index (κ3) is 4.83. The van der Waals surface area contributed by atoms with Crippen LogP contribution in [-0.4, -0.2) is 23.0 Å². The van der Waals surface area contributed by atoms with Crippen molar-refractivity contribution < 1.29 is 9.18 Å². The maximum Gasteiger partial charge on any atom is 0.228 e. The Morgan fingerprint density at radius 3 is 2.54 bits per heavy atom. The standard InChI is InChI=1S/C18H13ClFN2OPS.C3H8/c19-12-3-1-11(2-4-12)9-22-15-7-13(18-21-10-24-18)14(20)8-16(15)25-6-5-17(22)23;1-3-2/h1-4,7-8,10H,5-6,9H2;3H2,1-2H3. The number of amides is 1. The number of thioether (sulfide) groups is 1. The van der Waals surface area contributed by atoms with E-state index in [4.69, 9.17) is 11.6 Å². The molecule has 0 saturated heterocycles. The predicted octanol–water partition coefficient (Wildman–Crippen LogP) is 6.39. The van der Waals surface area contributed by atoms with Crippen LogP contribution in [0.1, 0.15) is 37.8 Å². The first-order valence-corrected chi connectivity index (χ1v) is 11.5. The van der Waals surface area contributed by atoms with Gasteiger partial charge in [-0.05, 0) is 38.0 Å². The van der Waals surface area contributed by atoms with Crippen molar-refractivity contribution in [1.82, 2.24) is 0 Å². The molecule has 4 rings (SSSR count). The summed E-state index contributed by atoms with van der Waals surface area (Å²) in [5.41, 5.74) is 2.91. The molecule has 2 heterocycles. The van der Waals surface area contributed by atoms with Gasteiger partial charge < -0.3 is 4.90 Å². The second kappa shape index (κ2) is 9.69. The second-order valence-corrected chi connectivity index (χ2v) is 8.89. The largest absolute Gasteiger partial charge is 0.307 e. The van der Waals surface area contributed by atoms with Gasteiger partial charge in [-0.15, -0.1) is 11.8 Å². The van der Waals surface area contributed by atoms with Crippen molar-refractivity contribution in [2.45, 2.75) is 38.1 Å². The van der Waals surface area contributed by atoms with Gasteiger partial charge in [0, 0.05) is 27.7 Å². The number of aliphatic imine (C=N–C) groups is 1. The monoisotopic (exact) mass is 434 g/mol. The smallest absolute Gasteiger partial charge is 0.228 e. The van der Waals surface area contributed by atoms with E-state index in [-0.39, 0.29) is 11.7 Å². The summed E-state index contributed by atoms with van der Waals surface area (Å²) in [4.78, 5) is 19.3. The molecule has 1 amide bonds. The summed E-state index contributed by atoms with van der Waals surface area (Å²) in [6.07, 6.45) is 1.68. The Kier molecular flexibility index (Phi) is 7.28. The predicted molar refractivity (Wildman–Crippen MR) is 120 cm³/mol. The Morgan fingerprint density at radius 1 is 1.25 bits per heavy atom. The first kappa shape index (κ1) is 21.0. The third-order valence-corrected chi connectivity index (χ3v) is 6.20. The molecular formula is C21H21ClFN2OPS. The van der Waals surface area contributed by atoms with Crippen molar-refractivity contribution in [1.29, 1.82) is 0 Å². The van der Waals surface area contributed by atoms with Crippen LogP contribution in [0.15, 0.2) is 46.3 Å². The quantitative estimate of drug-likeness (QED) is 0.524. The second-order valence-electron chi connectivity index (χ2n) is 6.41. The molecule has 0 bridgehead atoms. The Labute approximate surface area is 175 Å². The molecule has 28 heavy (non-hydrogen) atoms. The van der Waals surface area contributed by atoms with Crippen LogP contribution in [0, 0.1) is 5.82 Å². The molecule has 146 valence electrons. The van der Waals surface area contributed by atoms with Gasteiger partial charge in [0.2, 0.25) is 5.91 Å². The Hall–Kier alpha value is -1.68. The molecule has 2 aromatic carbocycles. The van der Waals surface area contributed by atoms with Gasteiger partial charge in [-0.2, -0.15) is 0 Å². The molecule has 0 N–H and O–H groups in total. The highest BCUT2D eigenvalue weighted by molar-refractivity contribution is 7.99. The number of rotatable bonds is 3. The van der Waals surface area contributed by atoms with E-state index < -0.39 is 0 Å². The number of fused-ring (bicyclic) bond motifs is 1. The maximum absolute atomic E-state index is 14.4. The number of benzene rings is 2. The van der Waals surface area contributed by atoms with Crippen LogP contribution >= 0.6 is 31.6 Å². The van der Waals surface area contributed by atoms with Crippen molar-refractivity contribution in [3.63, 3.8) is 0 Å². The molecule has 2 aliphatic rings. The molecule has 3 nitrogen and oxygen atoms in total. The molecule has 2 aromatic rings. The van der Waals surface area contributed by atoms with Gasteiger partial charge in [0.05, 0.1) is 18.2 Å². The zero-order valence-electron chi connectivity index (χ0n) is 15.8. The fourth-order valence-electron chi connectivity index (χ4n) is 2.76. The van der Waals surface area contributed by atoms with Gasteiger partial charge in [-0.3, -0.25) is 4.79 Å². The highest BCUT2D eigenvalue weighted by Crippen LogP contribution is 2.38. The molecule has 7 heteroatoms. The van der Waals surface area contributed by atoms with Crippen molar-refractivity contribution in [3.05, 3.63) is 58.4 Å². The van der Waals surface area contributed by atoms with Crippen LogP contribution in [0.3, 0.4) is 0 Å². The normalized spacial score (nSPS) is 15.6. The molecular weight excluding hydrogens is 414 g/mol. The molecule has 0 saturated carbocycles. The highest BCUT2D eigenvalue weighted by Gasteiger charge is 2.26. The topological polar surface area (TPSA) is 32.7 Å². The molecule has 0 radical (unpaired) electrons. The Bertz CT molecular complexity index is 931. The number of hydrogen-bond donors (Lipinski definition) is 0. The van der Waals surface area contributed by atoms with E-state index in [2.05, 4.69) is 18.8 Å². The molecule has 2 aliphatic heterocycles. The SMILES string of the molecule is CCC.O=C1CCSc2cc(F)c(C3=NC=P3)cc2N1Cc1ccc(Cl)cc1. The molecule has 0 unspecified atom stereocenters. The number of halogens is 2. The molecule has 0 aromatic heterocycles. The van der Waals surface area contributed by atoms with E-state index >= 15 is 0 Å². The first-order valence-electron chi connectivity index (χ1n) is 9.15. The maximum atomic E-state index is 14.4. The Morgan fingerprint density at radius 2 is 1.93 bits per heavy atom. The number of nitrogens with zero attached hydrogens (tertiary/aromatic N) is 2. The summed E-state index contributed by atoms with van der Waals surface area (Å²) in [5.74, 6) is 2.13. The summed E-state index contributed by atoms with van der Waals surface area (Å²) in [7, 11) is 0.906. The van der Waals surface area contributed by atoms with E-state index in [1.54, 1.807) is 16.9 Å². The van der Waals surface area contributed by atoms with Crippen molar-refractivity contribution in [2.24, 2.45) is 4.99 Å². The van der Waals surface area contributed by atoms with Gasteiger partial charge in [-0.25, -0.2) is 9.38 Å². The van der Waals surface area contributed by atoms with Crippen LogP contribution in [0.4, 0.5) is 10.1 Å². The van der Waals surface area contributed by atoms with Crippen LogP contribution in [-0.2, 0) is 11.3 Å². The van der Waals surface area contributed by atoms with E-state index in [0.717, 1.165) is 24.4 Å². The van der Waals surface area contributed by atoms with E-state index in [1.807, 2.05) is 24.3 Å². The van der Waals surface area contributed by atoms with Crippen molar-refractivity contribution in [2.75, 3.05) is 10.7 Å². The summed E-state index contributed by atoms with van der Waals surface area (Å²) in [6.45, 7) is 4.69. The lowest BCUT2D eigenvalue weighted by atomic mass is 10.1. The third-order valence-electron chi connectivity index (χ3n) is 4.07. The lowest BCUT2D eigenvalue weighted by molar-refractivity contribution is -0.118. The number of carbonyl (C=O) groups is 1. The summed E-state index contributed by atoms with van der Waals surface area (Å²) >= 11 is 7.46. The zero-order chi connectivity index (χ0) is 20.1. The summed E-state index contributed by atoms with van der Waals surface area (Å²) in [6, 6.07) is 10.7. The molecule has 0 aliphatic carbocycles. The number of anilines is 1. The lowest BCUT2D eigenvalue weighted by Crippen LogP contribution is -2.30. The average molecular weight is 435 g/mol. The fraction of sp³-hybridized carbons (Fsp3) is 0.286. The molecule has 0 spiro atoms. The Balaban J connectivity index is 0.000000706. The number of carbonyl (C=O) groups excluding carboxylic acids is 1. The van der Waals surface area contributed by atoms with Gasteiger partial charge in [0.15, 0.2) is 0 Å². The van der Waals surface area contributed by atoms with Gasteiger partial charge >= 0.3 is 0 Å². The van der Waals surface area contributed by atoms with Crippen LogP contribution < -0.4 is 4.90 Å². The van der Waals surface area contributed by atoms with Gasteiger partial charge in [-0.1, -0.05) is 44.0 Å². The lowest BCUT2D eigenvalue weighted by Gasteiger charge is -2.24. The van der Waals surface area contributed by atoms with Crippen LogP contribution in [0.5, 0.6) is 0 Å². The van der Waals surface area contributed by atoms with Crippen molar-refractivity contribution in [3.8, 4) is 0 Å². The van der Waals surface area contributed by atoms with Crippen LogP contribution in [0.2, 0.25) is 5.02 Å².